The fourth-order valence-electron chi connectivity index (χ4n) is 5.93. The molecule has 0 atom stereocenters. The van der Waals surface area contributed by atoms with Gasteiger partial charge in [-0.1, -0.05) is 25.3 Å². The molecule has 2 heterocycles. The van der Waals surface area contributed by atoms with Crippen molar-refractivity contribution in [1.82, 2.24) is 19.6 Å². The van der Waals surface area contributed by atoms with Crippen molar-refractivity contribution in [3.05, 3.63) is 96.6 Å². The molecule has 2 aliphatic heterocycles. The van der Waals surface area contributed by atoms with E-state index in [0.29, 0.717) is 63.7 Å². The zero-order chi connectivity index (χ0) is 43.6. The van der Waals surface area contributed by atoms with Gasteiger partial charge in [0.15, 0.2) is 0 Å². The molecule has 2 aromatic carbocycles. The Hall–Kier alpha value is -4.10. The number of benzene rings is 2. The van der Waals surface area contributed by atoms with Crippen molar-refractivity contribution in [2.24, 2.45) is 9.98 Å². The van der Waals surface area contributed by atoms with Crippen LogP contribution in [0.3, 0.4) is 0 Å². The third-order valence-corrected chi connectivity index (χ3v) is 12.4. The number of hydrogen-bond acceptors (Lipinski definition) is 8. The number of likely N-dealkylation sites (N-methyl/N-ethyl adjacent to an activating group) is 2. The summed E-state index contributed by atoms with van der Waals surface area (Å²) in [6.45, 7) is 21.4. The molecule has 0 unspecified atom stereocenters. The van der Waals surface area contributed by atoms with Gasteiger partial charge in [0.2, 0.25) is 0 Å². The molecule has 2 fully saturated rings. The molecule has 10 nitrogen and oxygen atoms in total. The smallest absolute Gasteiger partial charge is 0.353 e. The molecule has 0 saturated carbocycles. The lowest BCUT2D eigenvalue weighted by atomic mass is 10.1. The maximum absolute atomic E-state index is 13.6. The van der Waals surface area contributed by atoms with E-state index in [0.717, 1.165) is 22.8 Å². The first-order valence-corrected chi connectivity index (χ1v) is 23.8. The molecule has 320 valence electrons. The summed E-state index contributed by atoms with van der Waals surface area (Å²) in [4.78, 5) is 15.8. The number of hydrogen-bond donors (Lipinski definition) is 2. The lowest BCUT2D eigenvalue weighted by Gasteiger charge is -2.35. The van der Waals surface area contributed by atoms with Crippen LogP contribution in [0.1, 0.15) is 13.8 Å². The molecule has 0 spiro atoms. The molecule has 2 N–H and O–H groups in total. The molecule has 58 heavy (non-hydrogen) atoms. The van der Waals surface area contributed by atoms with Gasteiger partial charge in [0.1, 0.15) is 37.6 Å². The Balaban J connectivity index is 0.000000310. The molecular weight excluding hydrogens is 800 g/mol. The monoisotopic (exact) mass is 856 g/mol. The lowest BCUT2D eigenvalue weighted by molar-refractivity contribution is -0.0881. The van der Waals surface area contributed by atoms with Gasteiger partial charge in [-0.2, -0.15) is 26.3 Å². The zero-order valence-electron chi connectivity index (χ0n) is 34.5. The summed E-state index contributed by atoms with van der Waals surface area (Å²) < 4.78 is 106. The van der Waals surface area contributed by atoms with Crippen molar-refractivity contribution in [3.63, 3.8) is 0 Å². The summed E-state index contributed by atoms with van der Waals surface area (Å²) in [6, 6.07) is 13.8. The summed E-state index contributed by atoms with van der Waals surface area (Å²) in [6.07, 6.45) is -6.94. The van der Waals surface area contributed by atoms with Crippen molar-refractivity contribution in [1.29, 1.82) is 0 Å². The topological polar surface area (TPSA) is 95.9 Å². The summed E-state index contributed by atoms with van der Waals surface area (Å²) in [5.74, 6) is -0.0550. The van der Waals surface area contributed by atoms with Crippen LogP contribution < -0.4 is 21.2 Å². The van der Waals surface area contributed by atoms with Gasteiger partial charge in [-0.3, -0.25) is 0 Å². The van der Waals surface area contributed by atoms with E-state index in [-0.39, 0.29) is 23.3 Å². The molecule has 0 aromatic heterocycles. The average molecular weight is 857 g/mol. The Morgan fingerprint density at radius 3 is 1.09 bits per heavy atom. The second-order valence-corrected chi connectivity index (χ2v) is 21.2. The highest BCUT2D eigenvalue weighted by Crippen LogP contribution is 2.36. The van der Waals surface area contributed by atoms with Gasteiger partial charge in [0.25, 0.3) is 0 Å². The maximum atomic E-state index is 13.6. The van der Waals surface area contributed by atoms with Crippen molar-refractivity contribution >= 4 is 47.9 Å². The van der Waals surface area contributed by atoms with Crippen molar-refractivity contribution in [3.8, 4) is 0 Å². The number of nitrogens with zero attached hydrogens (tertiary/aromatic N) is 6. The summed E-state index contributed by atoms with van der Waals surface area (Å²) in [5, 5.41) is 7.30. The molecule has 18 heteroatoms. The van der Waals surface area contributed by atoms with Crippen LogP contribution in [-0.4, -0.2) is 137 Å². The summed E-state index contributed by atoms with van der Waals surface area (Å²) in [5.41, 5.74) is -0.332. The van der Waals surface area contributed by atoms with Crippen LogP contribution in [0.25, 0.3) is 0 Å². The first-order valence-electron chi connectivity index (χ1n) is 18.6. The predicted molar refractivity (Wildman–Crippen MR) is 229 cm³/mol. The minimum Gasteiger partial charge on any atom is -0.353 e. The molecule has 4 rings (SSSR count). The van der Waals surface area contributed by atoms with Crippen molar-refractivity contribution < 1.29 is 35.5 Å². The number of amidine groups is 2. The molecule has 0 aliphatic carbocycles. The average Bonchev–Trinajstić information content (AvgIpc) is 3.11. The molecular formula is C40H56F6N8O2P2. The fourth-order valence-corrected chi connectivity index (χ4v) is 7.66. The van der Waals surface area contributed by atoms with Crippen LogP contribution in [0.4, 0.5) is 37.7 Å². The number of anilines is 2. The molecule has 0 radical (unpaired) electrons. The largest absolute Gasteiger partial charge is 0.419 e. The van der Waals surface area contributed by atoms with E-state index in [1.165, 1.54) is 13.8 Å². The van der Waals surface area contributed by atoms with Gasteiger partial charge in [0, 0.05) is 74.3 Å². The van der Waals surface area contributed by atoms with Crippen molar-refractivity contribution in [2.45, 2.75) is 26.2 Å². The first kappa shape index (κ1) is 48.3. The number of rotatable bonds is 10. The number of piperazine rings is 2. The van der Waals surface area contributed by atoms with E-state index in [4.69, 9.17) is 0 Å². The SMILES string of the molecule is C=C(/N=C(\C(=C/C)C(F)(F)F)N1CCN(C)CC1)Nc1ccc(P(C)(C)=O)cc1.C=C(/N=C(\C(=C/C)C(F)(F)F)N1CCN(C)CC1)Nc1ccc(P(C)(C)=O)cc1. The highest BCUT2D eigenvalue weighted by molar-refractivity contribution is 7.70. The van der Waals surface area contributed by atoms with E-state index < -0.39 is 37.8 Å². The molecule has 0 bridgehead atoms. The highest BCUT2D eigenvalue weighted by Gasteiger charge is 2.40. The normalized spacial score (nSPS) is 17.4. The predicted octanol–water partition coefficient (Wildman–Crippen LogP) is 7.94. The second kappa shape index (κ2) is 20.2. The van der Waals surface area contributed by atoms with Crippen LogP contribution in [0.15, 0.2) is 107 Å². The van der Waals surface area contributed by atoms with Crippen LogP contribution in [0.2, 0.25) is 0 Å². The second-order valence-electron chi connectivity index (χ2n) is 14.8. The molecule has 2 aromatic rings. The van der Waals surface area contributed by atoms with Crippen molar-refractivity contribution in [2.75, 3.05) is 104 Å². The number of nitrogens with one attached hydrogen (secondary N) is 2. The third-order valence-electron chi connectivity index (χ3n) is 9.31. The summed E-state index contributed by atoms with van der Waals surface area (Å²) >= 11 is 0. The third kappa shape index (κ3) is 14.6. The first-order chi connectivity index (χ1) is 26.8. The van der Waals surface area contributed by atoms with Gasteiger partial charge in [-0.15, -0.1) is 0 Å². The lowest BCUT2D eigenvalue weighted by Crippen LogP contribution is -2.49. The summed E-state index contributed by atoms with van der Waals surface area (Å²) in [7, 11) is -0.881. The number of aliphatic imine (C=N–C) groups is 2. The van der Waals surface area contributed by atoms with E-state index in [1.54, 1.807) is 85.0 Å². The van der Waals surface area contributed by atoms with Crippen LogP contribution in [0.5, 0.6) is 0 Å². The van der Waals surface area contributed by atoms with Gasteiger partial charge in [-0.05, 0) is 103 Å². The molecule has 2 saturated heterocycles. The van der Waals surface area contributed by atoms with E-state index >= 15 is 0 Å². The number of allylic oxidation sites excluding steroid dienone is 2. The van der Waals surface area contributed by atoms with Crippen LogP contribution >= 0.6 is 14.3 Å². The Morgan fingerprint density at radius 2 is 0.862 bits per heavy atom. The van der Waals surface area contributed by atoms with Crippen LogP contribution in [0, 0.1) is 0 Å². The maximum Gasteiger partial charge on any atom is 0.419 e. The minimum atomic E-state index is -4.51. The van der Waals surface area contributed by atoms with Gasteiger partial charge >= 0.3 is 12.4 Å². The number of halogens is 6. The zero-order valence-corrected chi connectivity index (χ0v) is 36.3. The standard InChI is InChI=1S/2C20H28F3N4OP/c2*1-6-18(20(21,22)23)19(27-13-11-26(3)12-14-27)25-15(2)24-16-7-9-17(10-8-16)29(4,5)28/h2*6-10,24H,2,11-14H2,1,3-5H3/b2*18-6+,25-19+. The Bertz CT molecular complexity index is 1810. The van der Waals surface area contributed by atoms with E-state index in [1.807, 2.05) is 14.1 Å². The van der Waals surface area contributed by atoms with Gasteiger partial charge in [-0.25, -0.2) is 9.98 Å². The minimum absolute atomic E-state index is 0.103. The molecule has 0 amide bonds. The van der Waals surface area contributed by atoms with Gasteiger partial charge < -0.3 is 39.4 Å². The van der Waals surface area contributed by atoms with Crippen LogP contribution in [-0.2, 0) is 9.13 Å². The highest BCUT2D eigenvalue weighted by atomic mass is 31.2. The number of alkyl halides is 6. The Kier molecular flexibility index (Phi) is 16.8. The Morgan fingerprint density at radius 1 is 0.586 bits per heavy atom. The molecule has 2 aliphatic rings. The van der Waals surface area contributed by atoms with E-state index in [9.17, 15) is 35.5 Å². The fraction of sp³-hybridized carbons (Fsp3) is 0.450. The Labute approximate surface area is 338 Å². The quantitative estimate of drug-likeness (QED) is 0.108. The van der Waals surface area contributed by atoms with Gasteiger partial charge in [0.05, 0.1) is 11.1 Å². The van der Waals surface area contributed by atoms with E-state index in [2.05, 4.69) is 43.6 Å².